The molecule has 94 valence electrons. The van der Waals surface area contributed by atoms with E-state index < -0.39 is 0 Å². The van der Waals surface area contributed by atoms with E-state index in [2.05, 4.69) is 16.8 Å². The van der Waals surface area contributed by atoms with Crippen molar-refractivity contribution in [1.82, 2.24) is 9.80 Å². The lowest BCUT2D eigenvalue weighted by molar-refractivity contribution is 0.142. The van der Waals surface area contributed by atoms with E-state index in [-0.39, 0.29) is 24.8 Å². The Kier molecular flexibility index (Phi) is 12.6. The molecule has 0 aromatic heterocycles. The normalized spacial score (nSPS) is 18.4. The standard InChI is InChI=1S/C9H18Cl2N2.2ClH/c1-12-2-4-13(5-3-12)8-9(6-10)7-11;;/h9H,2-8H2,1H3;2*1H. The predicted octanol–water partition coefficient (Wildman–Crippen LogP) is 2.17. The summed E-state index contributed by atoms with van der Waals surface area (Å²) in [6.07, 6.45) is 0. The van der Waals surface area contributed by atoms with Gasteiger partial charge in [0, 0.05) is 44.5 Å². The molecule has 0 bridgehead atoms. The van der Waals surface area contributed by atoms with Crippen LogP contribution < -0.4 is 0 Å². The third kappa shape index (κ3) is 7.09. The molecule has 0 amide bonds. The predicted molar refractivity (Wildman–Crippen MR) is 73.4 cm³/mol. The number of piperazine rings is 1. The van der Waals surface area contributed by atoms with Gasteiger partial charge in [0.25, 0.3) is 0 Å². The molecule has 6 heteroatoms. The number of likely N-dealkylation sites (N-methyl/N-ethyl adjacent to an activating group) is 1. The van der Waals surface area contributed by atoms with Crippen LogP contribution in [0.4, 0.5) is 0 Å². The summed E-state index contributed by atoms with van der Waals surface area (Å²) >= 11 is 11.6. The first-order chi connectivity index (χ1) is 6.26. The molecule has 1 heterocycles. The zero-order chi connectivity index (χ0) is 9.68. The quantitative estimate of drug-likeness (QED) is 0.734. The molecule has 0 radical (unpaired) electrons. The van der Waals surface area contributed by atoms with Crippen molar-refractivity contribution in [2.24, 2.45) is 5.92 Å². The minimum atomic E-state index is 0. The van der Waals surface area contributed by atoms with Gasteiger partial charge in [-0.3, -0.25) is 0 Å². The molecular weight excluding hydrogens is 278 g/mol. The van der Waals surface area contributed by atoms with Crippen LogP contribution in [0.2, 0.25) is 0 Å². The second kappa shape index (κ2) is 10.2. The van der Waals surface area contributed by atoms with Crippen LogP contribution in [0.25, 0.3) is 0 Å². The molecule has 2 nitrogen and oxygen atoms in total. The highest BCUT2D eigenvalue weighted by Crippen LogP contribution is 2.08. The van der Waals surface area contributed by atoms with Crippen molar-refractivity contribution in [2.75, 3.05) is 51.5 Å². The zero-order valence-electron chi connectivity index (χ0n) is 8.99. The van der Waals surface area contributed by atoms with E-state index in [4.69, 9.17) is 23.2 Å². The Morgan fingerprint density at radius 3 is 1.87 bits per heavy atom. The summed E-state index contributed by atoms with van der Waals surface area (Å²) in [6.45, 7) is 5.69. The van der Waals surface area contributed by atoms with E-state index in [9.17, 15) is 0 Å². The van der Waals surface area contributed by atoms with Gasteiger partial charge in [0.15, 0.2) is 0 Å². The van der Waals surface area contributed by atoms with E-state index in [0.29, 0.717) is 17.7 Å². The summed E-state index contributed by atoms with van der Waals surface area (Å²) in [5.74, 6) is 1.80. The molecule has 1 rings (SSSR count). The van der Waals surface area contributed by atoms with Gasteiger partial charge in [0.2, 0.25) is 0 Å². The van der Waals surface area contributed by atoms with Crippen LogP contribution in [0.3, 0.4) is 0 Å². The maximum atomic E-state index is 5.79. The van der Waals surface area contributed by atoms with Gasteiger partial charge in [-0.15, -0.1) is 48.0 Å². The van der Waals surface area contributed by atoms with Gasteiger partial charge in [-0.2, -0.15) is 0 Å². The summed E-state index contributed by atoms with van der Waals surface area (Å²) < 4.78 is 0. The maximum Gasteiger partial charge on any atom is 0.0275 e. The van der Waals surface area contributed by atoms with Gasteiger partial charge in [-0.25, -0.2) is 0 Å². The van der Waals surface area contributed by atoms with E-state index in [0.717, 1.165) is 32.7 Å². The Morgan fingerprint density at radius 1 is 1.00 bits per heavy atom. The lowest BCUT2D eigenvalue weighted by Gasteiger charge is -2.33. The maximum absolute atomic E-state index is 5.79. The van der Waals surface area contributed by atoms with Crippen molar-refractivity contribution in [3.63, 3.8) is 0 Å². The van der Waals surface area contributed by atoms with Crippen LogP contribution >= 0.6 is 48.0 Å². The summed E-state index contributed by atoms with van der Waals surface area (Å²) in [6, 6.07) is 0. The second-order valence-corrected chi connectivity index (χ2v) is 4.40. The fourth-order valence-corrected chi connectivity index (χ4v) is 2.06. The van der Waals surface area contributed by atoms with E-state index in [1.54, 1.807) is 0 Å². The van der Waals surface area contributed by atoms with Crippen LogP contribution in [-0.4, -0.2) is 61.3 Å². The van der Waals surface area contributed by atoms with E-state index in [1.165, 1.54) is 0 Å². The lowest BCUT2D eigenvalue weighted by atomic mass is 10.2. The highest BCUT2D eigenvalue weighted by atomic mass is 35.5. The first-order valence-corrected chi connectivity index (χ1v) is 5.86. The van der Waals surface area contributed by atoms with Crippen molar-refractivity contribution in [1.29, 1.82) is 0 Å². The number of hydrogen-bond donors (Lipinski definition) is 0. The Balaban J connectivity index is 0. The first-order valence-electron chi connectivity index (χ1n) is 4.79. The number of rotatable bonds is 4. The van der Waals surface area contributed by atoms with Gasteiger partial charge in [-0.1, -0.05) is 0 Å². The monoisotopic (exact) mass is 296 g/mol. The zero-order valence-corrected chi connectivity index (χ0v) is 12.1. The fourth-order valence-electron chi connectivity index (χ4n) is 1.53. The molecule has 0 unspecified atom stereocenters. The van der Waals surface area contributed by atoms with Gasteiger partial charge in [0.1, 0.15) is 0 Å². The Labute approximate surface area is 115 Å². The van der Waals surface area contributed by atoms with Gasteiger partial charge in [-0.05, 0) is 13.0 Å². The van der Waals surface area contributed by atoms with E-state index >= 15 is 0 Å². The number of halogens is 4. The summed E-state index contributed by atoms with van der Waals surface area (Å²) in [5.41, 5.74) is 0. The molecule has 1 fully saturated rings. The van der Waals surface area contributed by atoms with Crippen LogP contribution in [-0.2, 0) is 0 Å². The Bertz CT molecular complexity index is 136. The van der Waals surface area contributed by atoms with Crippen molar-refractivity contribution in [2.45, 2.75) is 0 Å². The fraction of sp³-hybridized carbons (Fsp3) is 1.00. The Morgan fingerprint density at radius 2 is 1.47 bits per heavy atom. The topological polar surface area (TPSA) is 6.48 Å². The van der Waals surface area contributed by atoms with Crippen LogP contribution in [0.5, 0.6) is 0 Å². The molecule has 0 atom stereocenters. The largest absolute Gasteiger partial charge is 0.304 e. The van der Waals surface area contributed by atoms with Gasteiger partial charge < -0.3 is 9.80 Å². The highest BCUT2D eigenvalue weighted by molar-refractivity contribution is 6.20. The summed E-state index contributed by atoms with van der Waals surface area (Å²) in [5, 5.41) is 0. The van der Waals surface area contributed by atoms with Crippen molar-refractivity contribution >= 4 is 48.0 Å². The smallest absolute Gasteiger partial charge is 0.0275 e. The summed E-state index contributed by atoms with van der Waals surface area (Å²) in [7, 11) is 2.16. The minimum Gasteiger partial charge on any atom is -0.304 e. The Hall–Kier alpha value is 1.08. The van der Waals surface area contributed by atoms with Crippen LogP contribution in [0.1, 0.15) is 0 Å². The number of alkyl halides is 2. The third-order valence-electron chi connectivity index (χ3n) is 2.55. The summed E-state index contributed by atoms with van der Waals surface area (Å²) in [4.78, 5) is 4.81. The average Bonchev–Trinajstić information content (AvgIpc) is 2.17. The molecule has 15 heavy (non-hydrogen) atoms. The SMILES string of the molecule is CN1CCN(CC(CCl)CCl)CC1.Cl.Cl. The molecule has 0 aliphatic carbocycles. The van der Waals surface area contributed by atoms with Crippen molar-refractivity contribution < 1.29 is 0 Å². The first kappa shape index (κ1) is 18.4. The number of hydrogen-bond acceptors (Lipinski definition) is 2. The molecule has 1 saturated heterocycles. The third-order valence-corrected chi connectivity index (χ3v) is 3.42. The number of nitrogens with zero attached hydrogens (tertiary/aromatic N) is 2. The molecule has 1 aliphatic heterocycles. The molecule has 0 spiro atoms. The minimum absolute atomic E-state index is 0. The van der Waals surface area contributed by atoms with E-state index in [1.807, 2.05) is 0 Å². The molecule has 0 aromatic rings. The van der Waals surface area contributed by atoms with Crippen molar-refractivity contribution in [3.05, 3.63) is 0 Å². The highest BCUT2D eigenvalue weighted by Gasteiger charge is 2.16. The average molecular weight is 298 g/mol. The van der Waals surface area contributed by atoms with Gasteiger partial charge in [0.05, 0.1) is 0 Å². The lowest BCUT2D eigenvalue weighted by Crippen LogP contribution is -2.46. The molecule has 0 aromatic carbocycles. The molecule has 1 aliphatic rings. The van der Waals surface area contributed by atoms with Crippen LogP contribution in [0, 0.1) is 5.92 Å². The molecular formula is C9H20Cl4N2. The molecule has 0 N–H and O–H groups in total. The van der Waals surface area contributed by atoms with Crippen molar-refractivity contribution in [3.8, 4) is 0 Å². The van der Waals surface area contributed by atoms with Crippen LogP contribution in [0.15, 0.2) is 0 Å². The van der Waals surface area contributed by atoms with Gasteiger partial charge >= 0.3 is 0 Å². The molecule has 0 saturated carbocycles. The second-order valence-electron chi connectivity index (χ2n) is 3.78.